The van der Waals surface area contributed by atoms with Crippen LogP contribution in [0.4, 0.5) is 0 Å². The van der Waals surface area contributed by atoms with Gasteiger partial charge in [-0.3, -0.25) is 6.08 Å². The van der Waals surface area contributed by atoms with E-state index in [0.717, 1.165) is 6.42 Å². The van der Waals surface area contributed by atoms with Gasteiger partial charge in [0.1, 0.15) is 0 Å². The summed E-state index contributed by atoms with van der Waals surface area (Å²) in [4.78, 5) is 0. The fourth-order valence-electron chi connectivity index (χ4n) is 2.23. The Bertz CT molecular complexity index is 644. The van der Waals surface area contributed by atoms with Crippen LogP contribution in [0.2, 0.25) is 0 Å². The van der Waals surface area contributed by atoms with Crippen molar-refractivity contribution >= 4 is 52.5 Å². The summed E-state index contributed by atoms with van der Waals surface area (Å²) in [5.74, 6) is 0.560. The van der Waals surface area contributed by atoms with Gasteiger partial charge in [-0.15, -0.1) is 61.4 Å². The van der Waals surface area contributed by atoms with Crippen LogP contribution in [-0.2, 0) is 16.8 Å². The molecule has 0 saturated carbocycles. The minimum Gasteiger partial charge on any atom is -0.168 e. The van der Waals surface area contributed by atoms with E-state index in [9.17, 15) is 0 Å². The molecular formula is C21H29Cl3SiTi-3. The predicted molar refractivity (Wildman–Crippen MR) is 121 cm³/mol. The van der Waals surface area contributed by atoms with Gasteiger partial charge in [-0.25, -0.2) is 5.57 Å². The average molecular weight is 464 g/mol. The van der Waals surface area contributed by atoms with Gasteiger partial charge in [0, 0.05) is 0 Å². The molecule has 5 heteroatoms. The first-order valence-electron chi connectivity index (χ1n) is 8.12. The maximum Gasteiger partial charge on any atom is -0.0809 e. The van der Waals surface area contributed by atoms with Crippen molar-refractivity contribution in [3.8, 4) is 0 Å². The first-order valence-corrected chi connectivity index (χ1v) is 13.1. The van der Waals surface area contributed by atoms with Crippen molar-refractivity contribution in [2.24, 2.45) is 5.92 Å². The van der Waals surface area contributed by atoms with Crippen molar-refractivity contribution < 1.29 is 16.8 Å². The number of allylic oxidation sites excluding steroid dienone is 4. The van der Waals surface area contributed by atoms with Crippen LogP contribution < -0.4 is 0 Å². The van der Waals surface area contributed by atoms with Crippen LogP contribution in [0.5, 0.6) is 0 Å². The van der Waals surface area contributed by atoms with Crippen molar-refractivity contribution in [2.75, 3.05) is 0 Å². The fourth-order valence-corrected chi connectivity index (χ4v) is 2.23. The van der Waals surface area contributed by atoms with Gasteiger partial charge in [0.15, 0.2) is 0 Å². The molecule has 26 heavy (non-hydrogen) atoms. The Morgan fingerprint density at radius 2 is 1.69 bits per heavy atom. The molecule has 0 fully saturated rings. The second-order valence-corrected chi connectivity index (χ2v) is 8.96. The van der Waals surface area contributed by atoms with Crippen LogP contribution in [-0.4, -0.2) is 7.63 Å². The van der Waals surface area contributed by atoms with Gasteiger partial charge in [-0.1, -0.05) is 39.7 Å². The molecular weight excluding hydrogens is 435 g/mol. The molecule has 1 atom stereocenters. The monoisotopic (exact) mass is 462 g/mol. The molecule has 0 saturated heterocycles. The third kappa shape index (κ3) is 11.7. The number of hydrogen-bond donors (Lipinski definition) is 0. The third-order valence-corrected chi connectivity index (χ3v) is 3.78. The standard InChI is InChI=1S/C9H7.C9H13.C3H7.3ClH.Si.Ti/c1-2-5-9-7-3-6-8(9)4-1;1-6-5-7(2)9(4)8(6)3;1-3-2;;;;;/h1-7H;6H,1-4H3;1,3H2,2H3;3*1H;;/q3*-1;;;;;+1/p-1. The molecule has 0 heterocycles. The number of hydrogen-bond acceptors (Lipinski definition) is 0. The Morgan fingerprint density at radius 1 is 1.19 bits per heavy atom. The van der Waals surface area contributed by atoms with Gasteiger partial charge in [0.05, 0.1) is 0 Å². The summed E-state index contributed by atoms with van der Waals surface area (Å²) in [7, 11) is 8.11. The zero-order valence-electron chi connectivity index (χ0n) is 16.2. The maximum atomic E-state index is 5.04. The van der Waals surface area contributed by atoms with Crippen LogP contribution in [0.3, 0.4) is 0 Å². The molecule has 2 aromatic rings. The maximum absolute atomic E-state index is 5.04. The van der Waals surface area contributed by atoms with Gasteiger partial charge < -0.3 is 6.92 Å². The van der Waals surface area contributed by atoms with Crippen LogP contribution in [0.1, 0.15) is 41.0 Å². The number of benzene rings is 1. The Labute approximate surface area is 187 Å². The molecule has 0 spiro atoms. The van der Waals surface area contributed by atoms with Crippen LogP contribution >= 0.6 is 34.1 Å². The zero-order valence-corrected chi connectivity index (χ0v) is 21.2. The minimum absolute atomic E-state index is 0. The molecule has 3 rings (SSSR count). The van der Waals surface area contributed by atoms with Crippen molar-refractivity contribution in [2.45, 2.75) is 41.0 Å². The molecule has 0 aliphatic heterocycles. The molecule has 2 aromatic carbocycles. The van der Waals surface area contributed by atoms with E-state index in [-0.39, 0.29) is 41.6 Å². The average Bonchev–Trinajstić information content (AvgIpc) is 3.11. The Balaban J connectivity index is -0.000000297. The van der Waals surface area contributed by atoms with E-state index in [1.807, 2.05) is 6.92 Å². The number of halogens is 3. The second kappa shape index (κ2) is 18.5. The van der Waals surface area contributed by atoms with E-state index in [1.54, 1.807) is 0 Å². The molecule has 1 unspecified atom stereocenters. The molecule has 2 radical (unpaired) electrons. The van der Waals surface area contributed by atoms with Crippen molar-refractivity contribution in [1.82, 2.24) is 0 Å². The minimum atomic E-state index is -0.222. The van der Waals surface area contributed by atoms with Crippen molar-refractivity contribution in [3.05, 3.63) is 72.2 Å². The predicted octanol–water partition coefficient (Wildman–Crippen LogP) is 7.66. The summed E-state index contributed by atoms with van der Waals surface area (Å²) in [5, 5.41) is 2.66. The van der Waals surface area contributed by atoms with Gasteiger partial charge in [0.25, 0.3) is 0 Å². The smallest absolute Gasteiger partial charge is 0.0809 e. The summed E-state index contributed by atoms with van der Waals surface area (Å²) in [6, 6.07) is 14.7. The largest absolute Gasteiger partial charge is 0.168 e. The third-order valence-electron chi connectivity index (χ3n) is 3.78. The Hall–Kier alpha value is 0.111. The second-order valence-electron chi connectivity index (χ2n) is 5.55. The molecule has 1 aliphatic rings. The Kier molecular flexibility index (Phi) is 21.9. The van der Waals surface area contributed by atoms with Gasteiger partial charge in [0.2, 0.25) is 0 Å². The topological polar surface area (TPSA) is 0 Å². The van der Waals surface area contributed by atoms with E-state index in [1.165, 1.54) is 27.5 Å². The van der Waals surface area contributed by atoms with Crippen LogP contribution in [0.25, 0.3) is 10.8 Å². The summed E-state index contributed by atoms with van der Waals surface area (Å²) < 4.78 is 0. The molecule has 0 nitrogen and oxygen atoms in total. The first kappa shape index (κ1) is 30.8. The van der Waals surface area contributed by atoms with E-state index >= 15 is 0 Å². The summed E-state index contributed by atoms with van der Waals surface area (Å²) in [5.41, 5.74) is 4.25. The first-order chi connectivity index (χ1) is 11.4. The van der Waals surface area contributed by atoms with Gasteiger partial charge >= 0.3 is 33.8 Å². The summed E-state index contributed by atoms with van der Waals surface area (Å²) in [6.07, 6.45) is 4.36. The molecule has 0 N–H and O–H groups in total. The number of rotatable bonds is 0. The molecule has 0 bridgehead atoms. The SMILES string of the molecule is CC1=[C-]C(C)C(C)=C1C.Cl.Cl.[CH2-]CC.[Si]=[Ti][Cl].c1ccc2[cH-]ccc2c1. The van der Waals surface area contributed by atoms with E-state index in [2.05, 4.69) is 90.8 Å². The van der Waals surface area contributed by atoms with Crippen molar-refractivity contribution in [3.63, 3.8) is 0 Å². The molecule has 0 aromatic heterocycles. The van der Waals surface area contributed by atoms with E-state index in [0.29, 0.717) is 5.92 Å². The van der Waals surface area contributed by atoms with E-state index < -0.39 is 0 Å². The van der Waals surface area contributed by atoms with Crippen LogP contribution in [0.15, 0.2) is 59.2 Å². The zero-order chi connectivity index (χ0) is 18.5. The van der Waals surface area contributed by atoms with Gasteiger partial charge in [-0.05, 0) is 0 Å². The molecule has 0 amide bonds. The molecule has 1 aliphatic carbocycles. The fraction of sp³-hybridized carbons (Fsp3) is 0.333. The normalized spacial score (nSPS) is 14.0. The summed E-state index contributed by atoms with van der Waals surface area (Å²) >= 11 is -0.222. The van der Waals surface area contributed by atoms with Gasteiger partial charge in [-0.2, -0.15) is 35.1 Å². The number of fused-ring (bicyclic) bond motifs is 1. The van der Waals surface area contributed by atoms with Crippen LogP contribution in [0, 0.1) is 18.9 Å². The quantitative estimate of drug-likeness (QED) is 0.278. The van der Waals surface area contributed by atoms with Crippen molar-refractivity contribution in [1.29, 1.82) is 0 Å². The summed E-state index contributed by atoms with van der Waals surface area (Å²) in [6.45, 7) is 14.2. The Morgan fingerprint density at radius 3 is 2.04 bits per heavy atom. The van der Waals surface area contributed by atoms with E-state index in [4.69, 9.17) is 9.30 Å². The molecule has 145 valence electrons.